The first-order valence-corrected chi connectivity index (χ1v) is 8.98. The standard InChI is InChI=1S/C17H30N2S/c1-5-9-18-12-17(4,6-2)13-19-10-7-16-15(14(19)3)8-11-20-16/h8,11,14,18H,5-7,9-10,12-13H2,1-4H3. The van der Waals surface area contributed by atoms with Gasteiger partial charge in [-0.2, -0.15) is 0 Å². The molecule has 2 unspecified atom stereocenters. The predicted octanol–water partition coefficient (Wildman–Crippen LogP) is 4.08. The molecule has 2 rings (SSSR count). The lowest BCUT2D eigenvalue weighted by atomic mass is 9.85. The van der Waals surface area contributed by atoms with Crippen LogP contribution in [0.15, 0.2) is 11.4 Å². The van der Waals surface area contributed by atoms with E-state index >= 15 is 0 Å². The molecular formula is C17H30N2S. The molecular weight excluding hydrogens is 264 g/mol. The first-order valence-electron chi connectivity index (χ1n) is 8.10. The van der Waals surface area contributed by atoms with Gasteiger partial charge in [0.2, 0.25) is 0 Å². The molecule has 0 aromatic carbocycles. The van der Waals surface area contributed by atoms with Crippen LogP contribution in [0.2, 0.25) is 0 Å². The summed E-state index contributed by atoms with van der Waals surface area (Å²) in [4.78, 5) is 4.29. The summed E-state index contributed by atoms with van der Waals surface area (Å²) >= 11 is 1.93. The van der Waals surface area contributed by atoms with Gasteiger partial charge in [-0.15, -0.1) is 11.3 Å². The van der Waals surface area contributed by atoms with Gasteiger partial charge < -0.3 is 5.32 Å². The Labute approximate surface area is 128 Å². The van der Waals surface area contributed by atoms with E-state index in [0.717, 1.165) is 13.1 Å². The SMILES string of the molecule is CCCNCC(C)(CC)CN1CCc2sccc2C1C. The molecule has 1 aromatic heterocycles. The highest BCUT2D eigenvalue weighted by Gasteiger charge is 2.31. The minimum atomic E-state index is 0.386. The zero-order valence-electron chi connectivity index (χ0n) is 13.5. The van der Waals surface area contributed by atoms with Gasteiger partial charge in [0.25, 0.3) is 0 Å². The highest BCUT2D eigenvalue weighted by molar-refractivity contribution is 7.10. The average molecular weight is 295 g/mol. The normalized spacial score (nSPS) is 22.5. The van der Waals surface area contributed by atoms with Crippen molar-refractivity contribution >= 4 is 11.3 Å². The number of fused-ring (bicyclic) bond motifs is 1. The molecule has 2 heterocycles. The van der Waals surface area contributed by atoms with Crippen LogP contribution in [0.25, 0.3) is 0 Å². The van der Waals surface area contributed by atoms with Gasteiger partial charge in [-0.25, -0.2) is 0 Å². The number of thiophene rings is 1. The molecule has 0 radical (unpaired) electrons. The van der Waals surface area contributed by atoms with Crippen molar-refractivity contribution in [3.63, 3.8) is 0 Å². The molecule has 1 aliphatic rings. The third-order valence-corrected chi connectivity index (χ3v) is 5.82. The Morgan fingerprint density at radius 2 is 2.25 bits per heavy atom. The minimum Gasteiger partial charge on any atom is -0.316 e. The fourth-order valence-corrected chi connectivity index (χ4v) is 4.09. The van der Waals surface area contributed by atoms with Gasteiger partial charge in [0.05, 0.1) is 0 Å². The highest BCUT2D eigenvalue weighted by atomic mass is 32.1. The maximum atomic E-state index is 3.62. The first-order chi connectivity index (χ1) is 9.59. The Hall–Kier alpha value is -0.380. The van der Waals surface area contributed by atoms with Crippen molar-refractivity contribution in [2.45, 2.75) is 53.0 Å². The lowest BCUT2D eigenvalue weighted by Gasteiger charge is -2.40. The van der Waals surface area contributed by atoms with Crippen LogP contribution in [-0.4, -0.2) is 31.1 Å². The summed E-state index contributed by atoms with van der Waals surface area (Å²) in [5.74, 6) is 0. The van der Waals surface area contributed by atoms with Crippen molar-refractivity contribution in [3.05, 3.63) is 21.9 Å². The van der Waals surface area contributed by atoms with Crippen molar-refractivity contribution in [1.29, 1.82) is 0 Å². The Balaban J connectivity index is 1.98. The van der Waals surface area contributed by atoms with E-state index in [1.54, 1.807) is 10.4 Å². The average Bonchev–Trinajstić information content (AvgIpc) is 2.92. The van der Waals surface area contributed by atoms with E-state index in [2.05, 4.69) is 49.4 Å². The molecule has 2 atom stereocenters. The second-order valence-corrected chi connectivity index (χ2v) is 7.54. The molecule has 114 valence electrons. The topological polar surface area (TPSA) is 15.3 Å². The number of rotatable bonds is 7. The largest absolute Gasteiger partial charge is 0.316 e. The maximum absolute atomic E-state index is 3.62. The van der Waals surface area contributed by atoms with Crippen molar-refractivity contribution < 1.29 is 0 Å². The summed E-state index contributed by atoms with van der Waals surface area (Å²) in [6, 6.07) is 2.91. The summed E-state index contributed by atoms with van der Waals surface area (Å²) in [7, 11) is 0. The van der Waals surface area contributed by atoms with Crippen LogP contribution in [-0.2, 0) is 6.42 Å². The van der Waals surface area contributed by atoms with Gasteiger partial charge in [0, 0.05) is 30.6 Å². The Bertz CT molecular complexity index is 415. The maximum Gasteiger partial charge on any atom is 0.0331 e. The van der Waals surface area contributed by atoms with E-state index in [0.29, 0.717) is 11.5 Å². The summed E-state index contributed by atoms with van der Waals surface area (Å²) in [6.07, 6.45) is 3.70. The fourth-order valence-electron chi connectivity index (χ4n) is 3.13. The fraction of sp³-hybridized carbons (Fsp3) is 0.765. The van der Waals surface area contributed by atoms with Gasteiger partial charge in [0.1, 0.15) is 0 Å². The summed E-state index contributed by atoms with van der Waals surface area (Å²) < 4.78 is 0. The smallest absolute Gasteiger partial charge is 0.0331 e. The quantitative estimate of drug-likeness (QED) is 0.762. The Kier molecular flexibility index (Phi) is 5.65. The molecule has 1 aromatic rings. The molecule has 0 saturated heterocycles. The van der Waals surface area contributed by atoms with Crippen LogP contribution in [0.3, 0.4) is 0 Å². The molecule has 1 aliphatic heterocycles. The molecule has 0 fully saturated rings. The molecule has 0 saturated carbocycles. The van der Waals surface area contributed by atoms with E-state index in [-0.39, 0.29) is 0 Å². The zero-order valence-corrected chi connectivity index (χ0v) is 14.4. The third-order valence-electron chi connectivity index (χ3n) is 4.82. The van der Waals surface area contributed by atoms with E-state index in [4.69, 9.17) is 0 Å². The van der Waals surface area contributed by atoms with Crippen LogP contribution in [0.1, 0.15) is 57.0 Å². The number of hydrogen-bond acceptors (Lipinski definition) is 3. The van der Waals surface area contributed by atoms with Gasteiger partial charge in [-0.3, -0.25) is 4.90 Å². The lowest BCUT2D eigenvalue weighted by molar-refractivity contribution is 0.114. The molecule has 3 heteroatoms. The van der Waals surface area contributed by atoms with Crippen molar-refractivity contribution in [1.82, 2.24) is 10.2 Å². The number of nitrogens with zero attached hydrogens (tertiary/aromatic N) is 1. The van der Waals surface area contributed by atoms with Crippen LogP contribution >= 0.6 is 11.3 Å². The molecule has 0 aliphatic carbocycles. The molecule has 0 amide bonds. The molecule has 1 N–H and O–H groups in total. The summed E-state index contributed by atoms with van der Waals surface area (Å²) in [5, 5.41) is 5.88. The zero-order chi connectivity index (χ0) is 14.6. The second-order valence-electron chi connectivity index (χ2n) is 6.54. The van der Waals surface area contributed by atoms with Gasteiger partial charge >= 0.3 is 0 Å². The first kappa shape index (κ1) is 16.0. The minimum absolute atomic E-state index is 0.386. The van der Waals surface area contributed by atoms with Gasteiger partial charge in [-0.05, 0) is 55.2 Å². The van der Waals surface area contributed by atoms with Crippen LogP contribution in [0, 0.1) is 5.41 Å². The van der Waals surface area contributed by atoms with Crippen LogP contribution < -0.4 is 5.32 Å². The van der Waals surface area contributed by atoms with Gasteiger partial charge in [0.15, 0.2) is 0 Å². The van der Waals surface area contributed by atoms with Crippen molar-refractivity contribution in [2.75, 3.05) is 26.2 Å². The van der Waals surface area contributed by atoms with Crippen molar-refractivity contribution in [2.24, 2.45) is 5.41 Å². The summed E-state index contributed by atoms with van der Waals surface area (Å²) in [5.41, 5.74) is 1.96. The Morgan fingerprint density at radius 3 is 2.95 bits per heavy atom. The van der Waals surface area contributed by atoms with E-state index in [9.17, 15) is 0 Å². The Morgan fingerprint density at radius 1 is 1.45 bits per heavy atom. The highest BCUT2D eigenvalue weighted by Crippen LogP contribution is 2.35. The molecule has 0 spiro atoms. The lowest BCUT2D eigenvalue weighted by Crippen LogP contribution is -2.45. The second kappa shape index (κ2) is 7.06. The van der Waals surface area contributed by atoms with E-state index in [1.165, 1.54) is 32.4 Å². The monoisotopic (exact) mass is 294 g/mol. The van der Waals surface area contributed by atoms with Crippen molar-refractivity contribution in [3.8, 4) is 0 Å². The van der Waals surface area contributed by atoms with Crippen LogP contribution in [0.5, 0.6) is 0 Å². The predicted molar refractivity (Wildman–Crippen MR) is 89.6 cm³/mol. The van der Waals surface area contributed by atoms with Crippen LogP contribution in [0.4, 0.5) is 0 Å². The third kappa shape index (κ3) is 3.63. The number of nitrogens with one attached hydrogen (secondary N) is 1. The summed E-state index contributed by atoms with van der Waals surface area (Å²) in [6.45, 7) is 14.1. The molecule has 20 heavy (non-hydrogen) atoms. The van der Waals surface area contributed by atoms with E-state index < -0.39 is 0 Å². The molecule has 0 bridgehead atoms. The van der Waals surface area contributed by atoms with E-state index in [1.807, 2.05) is 11.3 Å². The number of hydrogen-bond donors (Lipinski definition) is 1. The van der Waals surface area contributed by atoms with Gasteiger partial charge in [-0.1, -0.05) is 20.8 Å². The molecule has 2 nitrogen and oxygen atoms in total.